The molecule has 0 spiro atoms. The van der Waals surface area contributed by atoms with Crippen molar-refractivity contribution in [3.05, 3.63) is 40.4 Å². The standard InChI is InChI=1S/C15H16ClN3O2S/c16-10-3-1-2-9(4-10)14-18-13(8-22-14)15(21)19-7-12(20)5-11(19)6-17/h1-4,8,11-12,20H,5-7,17H2/t11-,12-/m1/s1. The van der Waals surface area contributed by atoms with E-state index in [2.05, 4.69) is 4.98 Å². The van der Waals surface area contributed by atoms with Crippen molar-refractivity contribution in [2.45, 2.75) is 18.6 Å². The maximum Gasteiger partial charge on any atom is 0.273 e. The Morgan fingerprint density at radius 3 is 3.09 bits per heavy atom. The zero-order valence-corrected chi connectivity index (χ0v) is 13.3. The van der Waals surface area contributed by atoms with E-state index in [4.69, 9.17) is 17.3 Å². The van der Waals surface area contributed by atoms with Crippen LogP contribution in [-0.2, 0) is 0 Å². The summed E-state index contributed by atoms with van der Waals surface area (Å²) in [6, 6.07) is 7.24. The smallest absolute Gasteiger partial charge is 0.273 e. The summed E-state index contributed by atoms with van der Waals surface area (Å²) in [4.78, 5) is 18.6. The second kappa shape index (κ2) is 6.34. The van der Waals surface area contributed by atoms with Gasteiger partial charge in [0.2, 0.25) is 0 Å². The highest BCUT2D eigenvalue weighted by molar-refractivity contribution is 7.13. The SMILES string of the molecule is NC[C@H]1C[C@@H](O)CN1C(=O)c1csc(-c2cccc(Cl)c2)n1. The van der Waals surface area contributed by atoms with Gasteiger partial charge in [-0.25, -0.2) is 4.98 Å². The Morgan fingerprint density at radius 1 is 1.55 bits per heavy atom. The summed E-state index contributed by atoms with van der Waals surface area (Å²) in [6.07, 6.45) is 0.0107. The van der Waals surface area contributed by atoms with E-state index in [1.54, 1.807) is 16.3 Å². The Balaban J connectivity index is 1.83. The quantitative estimate of drug-likeness (QED) is 0.897. The number of thiazole rings is 1. The number of β-amino-alcohol motifs (C(OH)–C–C–N with tert-alkyl or cyclic N) is 1. The molecule has 1 fully saturated rings. The van der Waals surface area contributed by atoms with Crippen molar-refractivity contribution < 1.29 is 9.90 Å². The Bertz CT molecular complexity index is 691. The lowest BCUT2D eigenvalue weighted by atomic mass is 10.2. The molecule has 3 N–H and O–H groups in total. The largest absolute Gasteiger partial charge is 0.391 e. The average Bonchev–Trinajstić information content (AvgIpc) is 3.13. The Morgan fingerprint density at radius 2 is 2.36 bits per heavy atom. The summed E-state index contributed by atoms with van der Waals surface area (Å²) in [5, 5.41) is 12.8. The fourth-order valence-corrected chi connectivity index (χ4v) is 3.62. The summed E-state index contributed by atoms with van der Waals surface area (Å²) >= 11 is 7.38. The van der Waals surface area contributed by atoms with Gasteiger partial charge < -0.3 is 15.7 Å². The first kappa shape index (κ1) is 15.4. The molecule has 0 bridgehead atoms. The second-order valence-electron chi connectivity index (χ2n) is 5.28. The highest BCUT2D eigenvalue weighted by Crippen LogP contribution is 2.27. The van der Waals surface area contributed by atoms with Gasteiger partial charge >= 0.3 is 0 Å². The van der Waals surface area contributed by atoms with Crippen LogP contribution < -0.4 is 5.73 Å². The second-order valence-corrected chi connectivity index (χ2v) is 6.58. The number of nitrogens with zero attached hydrogens (tertiary/aromatic N) is 2. The van der Waals surface area contributed by atoms with Crippen LogP contribution in [0.3, 0.4) is 0 Å². The van der Waals surface area contributed by atoms with Crippen molar-refractivity contribution >= 4 is 28.8 Å². The van der Waals surface area contributed by atoms with Crippen LogP contribution in [0.1, 0.15) is 16.9 Å². The van der Waals surface area contributed by atoms with Crippen molar-refractivity contribution in [2.24, 2.45) is 5.73 Å². The van der Waals surface area contributed by atoms with Crippen molar-refractivity contribution in [2.75, 3.05) is 13.1 Å². The molecule has 5 nitrogen and oxygen atoms in total. The lowest BCUT2D eigenvalue weighted by Crippen LogP contribution is -2.40. The Labute approximate surface area is 137 Å². The van der Waals surface area contributed by atoms with E-state index in [1.807, 2.05) is 18.2 Å². The minimum absolute atomic E-state index is 0.126. The summed E-state index contributed by atoms with van der Waals surface area (Å²) in [6.45, 7) is 0.652. The van der Waals surface area contributed by atoms with Crippen LogP contribution >= 0.6 is 22.9 Å². The summed E-state index contributed by atoms with van der Waals surface area (Å²) in [5.41, 5.74) is 6.94. The first-order valence-corrected chi connectivity index (χ1v) is 8.25. The fraction of sp³-hybridized carbons (Fsp3) is 0.333. The number of likely N-dealkylation sites (tertiary alicyclic amines) is 1. The van der Waals surface area contributed by atoms with E-state index in [9.17, 15) is 9.90 Å². The number of halogens is 1. The van der Waals surface area contributed by atoms with Gasteiger partial charge in [0.15, 0.2) is 0 Å². The van der Waals surface area contributed by atoms with Crippen LogP contribution in [-0.4, -0.2) is 46.1 Å². The van der Waals surface area contributed by atoms with E-state index in [0.29, 0.717) is 30.2 Å². The predicted octanol–water partition coefficient (Wildman–Crippen LogP) is 2.00. The number of hydrogen-bond acceptors (Lipinski definition) is 5. The number of amides is 1. The number of carbonyl (C=O) groups is 1. The van der Waals surface area contributed by atoms with Gasteiger partial charge in [0.1, 0.15) is 10.7 Å². The predicted molar refractivity (Wildman–Crippen MR) is 87.1 cm³/mol. The van der Waals surface area contributed by atoms with Gasteiger partial charge in [-0.05, 0) is 18.6 Å². The van der Waals surface area contributed by atoms with Crippen LogP contribution in [0.5, 0.6) is 0 Å². The molecule has 1 aliphatic rings. The molecule has 1 amide bonds. The summed E-state index contributed by atoms with van der Waals surface area (Å²) in [5.74, 6) is -0.184. The highest BCUT2D eigenvalue weighted by atomic mass is 35.5. The van der Waals surface area contributed by atoms with Gasteiger partial charge in [0.25, 0.3) is 5.91 Å². The van der Waals surface area contributed by atoms with E-state index in [-0.39, 0.29) is 11.9 Å². The van der Waals surface area contributed by atoms with Crippen LogP contribution in [0, 0.1) is 0 Å². The van der Waals surface area contributed by atoms with Crippen molar-refractivity contribution in [1.82, 2.24) is 9.88 Å². The zero-order valence-electron chi connectivity index (χ0n) is 11.8. The number of nitrogens with two attached hydrogens (primary N) is 1. The summed E-state index contributed by atoms with van der Waals surface area (Å²) in [7, 11) is 0. The topological polar surface area (TPSA) is 79.5 Å². The molecular formula is C15H16ClN3O2S. The van der Waals surface area contributed by atoms with Gasteiger partial charge in [0.05, 0.1) is 6.10 Å². The Hall–Kier alpha value is -1.47. The molecule has 22 heavy (non-hydrogen) atoms. The van der Waals surface area contributed by atoms with Crippen molar-refractivity contribution in [1.29, 1.82) is 0 Å². The third-order valence-electron chi connectivity index (χ3n) is 3.72. The number of carbonyl (C=O) groups excluding carboxylic acids is 1. The first-order valence-electron chi connectivity index (χ1n) is 6.99. The minimum Gasteiger partial charge on any atom is -0.391 e. The molecule has 1 saturated heterocycles. The highest BCUT2D eigenvalue weighted by Gasteiger charge is 2.34. The molecule has 7 heteroatoms. The first-order chi connectivity index (χ1) is 10.6. The van der Waals surface area contributed by atoms with Crippen LogP contribution in [0.4, 0.5) is 0 Å². The molecule has 1 aromatic heterocycles. The van der Waals surface area contributed by atoms with Crippen LogP contribution in [0.25, 0.3) is 10.6 Å². The Kier molecular flexibility index (Phi) is 4.44. The lowest BCUT2D eigenvalue weighted by molar-refractivity contribution is 0.0715. The molecule has 2 atom stereocenters. The fourth-order valence-electron chi connectivity index (χ4n) is 2.64. The van der Waals surface area contributed by atoms with E-state index in [1.165, 1.54) is 11.3 Å². The molecular weight excluding hydrogens is 322 g/mol. The van der Waals surface area contributed by atoms with Gasteiger partial charge in [-0.2, -0.15) is 0 Å². The number of hydrogen-bond donors (Lipinski definition) is 2. The molecule has 1 aromatic carbocycles. The average molecular weight is 338 g/mol. The third-order valence-corrected chi connectivity index (χ3v) is 4.85. The van der Waals surface area contributed by atoms with Crippen LogP contribution in [0.15, 0.2) is 29.6 Å². The normalized spacial score (nSPS) is 21.3. The molecule has 2 heterocycles. The van der Waals surface area contributed by atoms with Gasteiger partial charge in [-0.3, -0.25) is 4.79 Å². The summed E-state index contributed by atoms with van der Waals surface area (Å²) < 4.78 is 0. The molecule has 0 saturated carbocycles. The number of benzene rings is 1. The van der Waals surface area contributed by atoms with Crippen LogP contribution in [0.2, 0.25) is 5.02 Å². The van der Waals surface area contributed by atoms with E-state index >= 15 is 0 Å². The number of aromatic nitrogens is 1. The van der Waals surface area contributed by atoms with Gasteiger partial charge in [-0.1, -0.05) is 23.7 Å². The van der Waals surface area contributed by atoms with Crippen molar-refractivity contribution in [3.8, 4) is 10.6 Å². The number of rotatable bonds is 3. The molecule has 116 valence electrons. The minimum atomic E-state index is -0.511. The zero-order chi connectivity index (χ0) is 15.7. The van der Waals surface area contributed by atoms with Gasteiger partial charge in [0, 0.05) is 35.1 Å². The molecule has 0 radical (unpaired) electrons. The molecule has 3 rings (SSSR count). The van der Waals surface area contributed by atoms with Gasteiger partial charge in [-0.15, -0.1) is 11.3 Å². The maximum absolute atomic E-state index is 12.6. The maximum atomic E-state index is 12.6. The van der Waals surface area contributed by atoms with Crippen molar-refractivity contribution in [3.63, 3.8) is 0 Å². The third kappa shape index (κ3) is 3.01. The molecule has 2 aromatic rings. The monoisotopic (exact) mass is 337 g/mol. The molecule has 0 aliphatic carbocycles. The lowest BCUT2D eigenvalue weighted by Gasteiger charge is -2.21. The number of aliphatic hydroxyl groups is 1. The van der Waals surface area contributed by atoms with E-state index < -0.39 is 6.10 Å². The molecule has 0 unspecified atom stereocenters. The molecule has 1 aliphatic heterocycles. The van der Waals surface area contributed by atoms with E-state index in [0.717, 1.165) is 10.6 Å². The number of aliphatic hydroxyl groups excluding tert-OH is 1.